The zero-order chi connectivity index (χ0) is 22.2. The predicted molar refractivity (Wildman–Crippen MR) is 120 cm³/mol. The molecule has 1 fully saturated rings. The summed E-state index contributed by atoms with van der Waals surface area (Å²) in [5.74, 6) is 0.00899. The number of aliphatic carboxylic acids is 1. The summed E-state index contributed by atoms with van der Waals surface area (Å²) in [5.41, 5.74) is 0.631. The van der Waals surface area contributed by atoms with Crippen LogP contribution in [-0.2, 0) is 16.0 Å². The van der Waals surface area contributed by atoms with E-state index in [1.807, 2.05) is 12.1 Å². The van der Waals surface area contributed by atoms with Gasteiger partial charge in [0.05, 0.1) is 10.8 Å². The number of ketones is 1. The Labute approximate surface area is 187 Å². The Morgan fingerprint density at radius 1 is 1.23 bits per heavy atom. The van der Waals surface area contributed by atoms with Gasteiger partial charge in [0.15, 0.2) is 11.8 Å². The van der Waals surface area contributed by atoms with Crippen LogP contribution in [0.5, 0.6) is 11.6 Å². The molecule has 7 nitrogen and oxygen atoms in total. The zero-order valence-electron chi connectivity index (χ0n) is 16.9. The number of fused-ring (bicyclic) bond motifs is 1. The molecule has 2 heterocycles. The van der Waals surface area contributed by atoms with Crippen molar-refractivity contribution in [2.45, 2.75) is 31.1 Å². The fourth-order valence-corrected chi connectivity index (χ4v) is 4.75. The molecule has 31 heavy (non-hydrogen) atoms. The van der Waals surface area contributed by atoms with Gasteiger partial charge in [0.2, 0.25) is 5.88 Å². The largest absolute Gasteiger partial charge is 0.480 e. The maximum Gasteiger partial charge on any atom is 0.328 e. The van der Waals surface area contributed by atoms with Crippen LogP contribution in [0.1, 0.15) is 19.4 Å². The molecule has 0 bridgehead atoms. The standard InChI is InChI=1S/C23H20BrN3O4/c1-23(2)19(18(24)20(23)28)27-17(22(29)30)11-13-3-5-15(6-4-13)31-21-16-12-25-9-7-14(16)8-10-26-21/h3-10,12,17-18H,11H2,1-2H3,(H,29,30)/t17-,18?/m0/s1. The summed E-state index contributed by atoms with van der Waals surface area (Å²) < 4.78 is 5.90. The highest BCUT2D eigenvalue weighted by Gasteiger charge is 2.52. The average Bonchev–Trinajstić information content (AvgIpc) is 2.77. The molecule has 0 spiro atoms. The van der Waals surface area contributed by atoms with Crippen LogP contribution in [0.2, 0.25) is 0 Å². The molecule has 2 aromatic heterocycles. The van der Waals surface area contributed by atoms with Crippen molar-refractivity contribution in [3.8, 4) is 11.6 Å². The van der Waals surface area contributed by atoms with Crippen molar-refractivity contribution in [1.29, 1.82) is 0 Å². The second-order valence-electron chi connectivity index (χ2n) is 7.88. The Hall–Kier alpha value is -3.13. The third kappa shape index (κ3) is 4.07. The molecule has 2 atom stereocenters. The number of ether oxygens (including phenoxy) is 1. The molecule has 1 aliphatic carbocycles. The van der Waals surface area contributed by atoms with E-state index in [-0.39, 0.29) is 12.2 Å². The van der Waals surface area contributed by atoms with E-state index in [4.69, 9.17) is 4.74 Å². The van der Waals surface area contributed by atoms with Crippen LogP contribution in [0.3, 0.4) is 0 Å². The van der Waals surface area contributed by atoms with Gasteiger partial charge in [-0.25, -0.2) is 9.78 Å². The van der Waals surface area contributed by atoms with Crippen molar-refractivity contribution in [3.63, 3.8) is 0 Å². The second kappa shape index (κ2) is 8.19. The quantitative estimate of drug-likeness (QED) is 0.528. The molecule has 4 rings (SSSR count). The summed E-state index contributed by atoms with van der Waals surface area (Å²) in [5, 5.41) is 11.4. The Bertz CT molecular complexity index is 1190. The molecule has 1 N–H and O–H groups in total. The molecule has 3 aromatic rings. The Balaban J connectivity index is 1.51. The topological polar surface area (TPSA) is 102 Å². The van der Waals surface area contributed by atoms with Gasteiger partial charge in [-0.1, -0.05) is 28.1 Å². The van der Waals surface area contributed by atoms with Gasteiger partial charge in [0.1, 0.15) is 10.6 Å². The van der Waals surface area contributed by atoms with Crippen LogP contribution in [0, 0.1) is 5.41 Å². The molecule has 0 amide bonds. The highest BCUT2D eigenvalue weighted by atomic mass is 79.9. The third-order valence-electron chi connectivity index (χ3n) is 5.40. The number of aromatic nitrogens is 2. The second-order valence-corrected chi connectivity index (χ2v) is 8.80. The lowest BCUT2D eigenvalue weighted by molar-refractivity contribution is -0.138. The van der Waals surface area contributed by atoms with Gasteiger partial charge in [-0.15, -0.1) is 0 Å². The number of benzene rings is 1. The fraction of sp³-hybridized carbons (Fsp3) is 0.261. The maximum absolute atomic E-state index is 12.0. The molecule has 1 aliphatic rings. The van der Waals surface area contributed by atoms with Crippen LogP contribution >= 0.6 is 15.9 Å². The van der Waals surface area contributed by atoms with Gasteiger partial charge in [-0.3, -0.25) is 14.8 Å². The zero-order valence-corrected chi connectivity index (χ0v) is 18.5. The van der Waals surface area contributed by atoms with Gasteiger partial charge in [-0.05, 0) is 49.1 Å². The number of nitrogens with zero attached hydrogens (tertiary/aromatic N) is 3. The lowest BCUT2D eigenvalue weighted by atomic mass is 9.68. The van der Waals surface area contributed by atoms with Crippen LogP contribution in [0.4, 0.5) is 0 Å². The summed E-state index contributed by atoms with van der Waals surface area (Å²) >= 11 is 3.29. The first kappa shape index (κ1) is 21.1. The molecular formula is C23H20BrN3O4. The smallest absolute Gasteiger partial charge is 0.328 e. The van der Waals surface area contributed by atoms with E-state index in [0.717, 1.165) is 16.3 Å². The highest BCUT2D eigenvalue weighted by molar-refractivity contribution is 9.10. The molecule has 0 radical (unpaired) electrons. The number of carboxylic acid groups (broad SMARTS) is 1. The summed E-state index contributed by atoms with van der Waals surface area (Å²) in [6.07, 6.45) is 5.29. The summed E-state index contributed by atoms with van der Waals surface area (Å²) in [6.45, 7) is 3.52. The molecule has 1 unspecified atom stereocenters. The number of carbonyl (C=O) groups excluding carboxylic acids is 1. The first-order chi connectivity index (χ1) is 14.8. The maximum atomic E-state index is 12.0. The number of carboxylic acids is 1. The number of hydrogen-bond donors (Lipinski definition) is 1. The summed E-state index contributed by atoms with van der Waals surface area (Å²) in [6, 6.07) is 9.93. The van der Waals surface area contributed by atoms with Gasteiger partial charge < -0.3 is 9.84 Å². The average molecular weight is 482 g/mol. The third-order valence-corrected chi connectivity index (χ3v) is 6.25. The minimum absolute atomic E-state index is 0.00846. The molecule has 0 aliphatic heterocycles. The predicted octanol–water partition coefficient (Wildman–Crippen LogP) is 4.23. The molecule has 0 saturated heterocycles. The number of halogens is 1. The van der Waals surface area contributed by atoms with E-state index in [9.17, 15) is 14.7 Å². The van der Waals surface area contributed by atoms with E-state index in [1.54, 1.807) is 56.7 Å². The monoisotopic (exact) mass is 481 g/mol. The van der Waals surface area contributed by atoms with E-state index in [2.05, 4.69) is 30.9 Å². The van der Waals surface area contributed by atoms with Gasteiger partial charge in [0, 0.05) is 30.7 Å². The normalized spacial score (nSPS) is 19.8. The number of aliphatic imine (C=N–C) groups is 1. The number of hydrogen-bond acceptors (Lipinski definition) is 6. The van der Waals surface area contributed by atoms with Crippen molar-refractivity contribution in [2.24, 2.45) is 10.4 Å². The number of Topliss-reactive ketones (excluding diaryl/α,β-unsaturated/α-hetero) is 1. The number of rotatable bonds is 6. The summed E-state index contributed by atoms with van der Waals surface area (Å²) in [4.78, 5) is 36.0. The lowest BCUT2D eigenvalue weighted by Crippen LogP contribution is -2.57. The first-order valence-corrected chi connectivity index (χ1v) is 10.6. The van der Waals surface area contributed by atoms with Crippen LogP contribution in [-0.4, -0.2) is 43.4 Å². The van der Waals surface area contributed by atoms with Crippen LogP contribution < -0.4 is 4.74 Å². The number of pyridine rings is 2. The van der Waals surface area contributed by atoms with Crippen molar-refractivity contribution in [2.75, 3.05) is 0 Å². The number of alkyl halides is 1. The Kier molecular flexibility index (Phi) is 5.58. The van der Waals surface area contributed by atoms with E-state index < -0.39 is 22.3 Å². The van der Waals surface area contributed by atoms with E-state index in [0.29, 0.717) is 17.3 Å². The highest BCUT2D eigenvalue weighted by Crippen LogP contribution is 2.38. The summed E-state index contributed by atoms with van der Waals surface area (Å²) in [7, 11) is 0. The first-order valence-electron chi connectivity index (χ1n) is 9.72. The Morgan fingerprint density at radius 2 is 1.94 bits per heavy atom. The van der Waals surface area contributed by atoms with E-state index in [1.165, 1.54) is 0 Å². The van der Waals surface area contributed by atoms with Gasteiger partial charge >= 0.3 is 5.97 Å². The number of carbonyl (C=O) groups is 2. The molecule has 158 valence electrons. The minimum Gasteiger partial charge on any atom is -0.480 e. The van der Waals surface area contributed by atoms with Crippen LogP contribution in [0.25, 0.3) is 10.8 Å². The van der Waals surface area contributed by atoms with Crippen molar-refractivity contribution in [1.82, 2.24) is 9.97 Å². The van der Waals surface area contributed by atoms with Crippen molar-refractivity contribution < 1.29 is 19.4 Å². The Morgan fingerprint density at radius 3 is 2.61 bits per heavy atom. The molecular weight excluding hydrogens is 462 g/mol. The van der Waals surface area contributed by atoms with Crippen molar-refractivity contribution >= 4 is 44.2 Å². The molecule has 1 saturated carbocycles. The van der Waals surface area contributed by atoms with Crippen LogP contribution in [0.15, 0.2) is 60.0 Å². The fourth-order valence-electron chi connectivity index (χ4n) is 3.48. The van der Waals surface area contributed by atoms with E-state index >= 15 is 0 Å². The molecule has 1 aromatic carbocycles. The van der Waals surface area contributed by atoms with Crippen molar-refractivity contribution in [3.05, 3.63) is 60.6 Å². The van der Waals surface area contributed by atoms with Gasteiger partial charge in [-0.2, -0.15) is 0 Å². The SMILES string of the molecule is CC1(C)C(=O)C(Br)C1=N[C@@H](Cc1ccc(Oc2nccc3ccncc23)cc1)C(=O)O. The van der Waals surface area contributed by atoms with Gasteiger partial charge in [0.25, 0.3) is 0 Å². The lowest BCUT2D eigenvalue weighted by Gasteiger charge is -2.40. The minimum atomic E-state index is -1.03. The molecule has 8 heteroatoms.